The highest BCUT2D eigenvalue weighted by molar-refractivity contribution is 5.46. The molecule has 2 aromatic rings. The van der Waals surface area contributed by atoms with Crippen LogP contribution in [0.3, 0.4) is 0 Å². The Labute approximate surface area is 128 Å². The van der Waals surface area contributed by atoms with Gasteiger partial charge in [-0.1, -0.05) is 6.07 Å². The first-order valence-electron chi connectivity index (χ1n) is 7.00. The number of ether oxygens (including phenoxy) is 4. The number of fused-ring (bicyclic) bond motifs is 1. The molecule has 0 N–H and O–H groups in total. The summed E-state index contributed by atoms with van der Waals surface area (Å²) in [6.07, 6.45) is 0.741. The number of hydrogen-bond donors (Lipinski definition) is 0. The molecule has 0 unspecified atom stereocenters. The zero-order valence-corrected chi connectivity index (χ0v) is 12.0. The molecular weight excluding hydrogens is 282 g/mol. The Kier molecular flexibility index (Phi) is 4.30. The van der Waals surface area contributed by atoms with Crippen LogP contribution in [0.5, 0.6) is 23.0 Å². The van der Waals surface area contributed by atoms with Crippen molar-refractivity contribution in [2.45, 2.75) is 6.42 Å². The Balaban J connectivity index is 1.41. The van der Waals surface area contributed by atoms with E-state index in [0.717, 1.165) is 17.9 Å². The lowest BCUT2D eigenvalue weighted by molar-refractivity contribution is 0.173. The first kappa shape index (κ1) is 14.1. The highest BCUT2D eigenvalue weighted by atomic mass is 16.7. The summed E-state index contributed by atoms with van der Waals surface area (Å²) in [5.74, 6) is 2.90. The molecular formula is C17H15NO4. The molecule has 0 saturated carbocycles. The molecule has 3 rings (SSSR count). The van der Waals surface area contributed by atoms with Crippen molar-refractivity contribution < 1.29 is 18.9 Å². The van der Waals surface area contributed by atoms with Gasteiger partial charge in [-0.2, -0.15) is 5.26 Å². The summed E-state index contributed by atoms with van der Waals surface area (Å²) in [7, 11) is 0. The molecule has 2 aromatic carbocycles. The van der Waals surface area contributed by atoms with E-state index in [1.54, 1.807) is 18.2 Å². The number of nitriles is 1. The first-order valence-corrected chi connectivity index (χ1v) is 7.00. The summed E-state index contributed by atoms with van der Waals surface area (Å²) in [5.41, 5.74) is 0.592. The van der Waals surface area contributed by atoms with E-state index in [1.807, 2.05) is 24.3 Å². The molecule has 1 aliphatic heterocycles. The van der Waals surface area contributed by atoms with E-state index >= 15 is 0 Å². The summed E-state index contributed by atoms with van der Waals surface area (Å²) < 4.78 is 21.8. The van der Waals surface area contributed by atoms with Gasteiger partial charge in [0.1, 0.15) is 11.5 Å². The minimum Gasteiger partial charge on any atom is -0.493 e. The van der Waals surface area contributed by atoms with Gasteiger partial charge in [0, 0.05) is 12.5 Å². The zero-order chi connectivity index (χ0) is 15.2. The van der Waals surface area contributed by atoms with Gasteiger partial charge in [-0.05, 0) is 30.3 Å². The maximum absolute atomic E-state index is 8.82. The minimum atomic E-state index is 0.258. The minimum absolute atomic E-state index is 0.258. The molecule has 0 bridgehead atoms. The van der Waals surface area contributed by atoms with Gasteiger partial charge in [0.05, 0.1) is 24.8 Å². The number of nitrogens with zero attached hydrogens (tertiary/aromatic N) is 1. The van der Waals surface area contributed by atoms with Crippen LogP contribution in [0.1, 0.15) is 12.0 Å². The second-order valence-electron chi connectivity index (χ2n) is 4.71. The van der Waals surface area contributed by atoms with Gasteiger partial charge < -0.3 is 18.9 Å². The second kappa shape index (κ2) is 6.72. The van der Waals surface area contributed by atoms with Crippen molar-refractivity contribution in [1.82, 2.24) is 0 Å². The van der Waals surface area contributed by atoms with Gasteiger partial charge in [-0.15, -0.1) is 0 Å². The van der Waals surface area contributed by atoms with Crippen LogP contribution in [-0.2, 0) is 0 Å². The summed E-state index contributed by atoms with van der Waals surface area (Å²) in [5, 5.41) is 8.82. The predicted molar refractivity (Wildman–Crippen MR) is 79.3 cm³/mol. The molecule has 1 aliphatic rings. The second-order valence-corrected chi connectivity index (χ2v) is 4.71. The molecule has 0 aromatic heterocycles. The van der Waals surface area contributed by atoms with Crippen LogP contribution in [-0.4, -0.2) is 20.0 Å². The molecule has 5 heteroatoms. The maximum Gasteiger partial charge on any atom is 0.231 e. The molecule has 0 atom stereocenters. The van der Waals surface area contributed by atoms with E-state index in [2.05, 4.69) is 6.07 Å². The summed E-state index contributed by atoms with van der Waals surface area (Å²) in [6.45, 7) is 1.32. The number of benzene rings is 2. The van der Waals surface area contributed by atoms with Gasteiger partial charge in [-0.25, -0.2) is 0 Å². The quantitative estimate of drug-likeness (QED) is 0.767. The molecule has 0 saturated heterocycles. The molecule has 5 nitrogen and oxygen atoms in total. The Morgan fingerprint density at radius 1 is 0.955 bits per heavy atom. The van der Waals surface area contributed by atoms with E-state index in [4.69, 9.17) is 24.2 Å². The average molecular weight is 297 g/mol. The lowest BCUT2D eigenvalue weighted by Crippen LogP contribution is -2.05. The van der Waals surface area contributed by atoms with Gasteiger partial charge in [0.2, 0.25) is 6.79 Å². The van der Waals surface area contributed by atoms with E-state index in [-0.39, 0.29) is 6.79 Å². The van der Waals surface area contributed by atoms with Gasteiger partial charge in [-0.3, -0.25) is 0 Å². The van der Waals surface area contributed by atoms with Crippen LogP contribution in [0.2, 0.25) is 0 Å². The fraction of sp³-hybridized carbons (Fsp3) is 0.235. The van der Waals surface area contributed by atoms with E-state index in [1.165, 1.54) is 0 Å². The van der Waals surface area contributed by atoms with Gasteiger partial charge in [0.15, 0.2) is 11.5 Å². The molecule has 0 aliphatic carbocycles. The molecule has 0 amide bonds. The third-order valence-corrected chi connectivity index (χ3v) is 3.13. The Morgan fingerprint density at radius 2 is 1.73 bits per heavy atom. The summed E-state index contributed by atoms with van der Waals surface area (Å²) in [4.78, 5) is 0. The Bertz CT molecular complexity index is 693. The molecule has 1 heterocycles. The lowest BCUT2D eigenvalue weighted by atomic mass is 10.2. The largest absolute Gasteiger partial charge is 0.493 e. The van der Waals surface area contributed by atoms with Crippen LogP contribution in [0.15, 0.2) is 42.5 Å². The lowest BCUT2D eigenvalue weighted by Gasteiger charge is -2.08. The third kappa shape index (κ3) is 3.41. The van der Waals surface area contributed by atoms with E-state index in [9.17, 15) is 0 Å². The van der Waals surface area contributed by atoms with Crippen molar-refractivity contribution in [3.8, 4) is 29.1 Å². The topological polar surface area (TPSA) is 60.7 Å². The van der Waals surface area contributed by atoms with Gasteiger partial charge in [0.25, 0.3) is 0 Å². The van der Waals surface area contributed by atoms with Crippen LogP contribution in [0, 0.1) is 11.3 Å². The van der Waals surface area contributed by atoms with Gasteiger partial charge >= 0.3 is 0 Å². The smallest absolute Gasteiger partial charge is 0.231 e. The van der Waals surface area contributed by atoms with Crippen molar-refractivity contribution in [2.75, 3.05) is 20.0 Å². The molecule has 22 heavy (non-hydrogen) atoms. The van der Waals surface area contributed by atoms with Crippen molar-refractivity contribution in [3.05, 3.63) is 48.0 Å². The van der Waals surface area contributed by atoms with Crippen molar-refractivity contribution in [1.29, 1.82) is 5.26 Å². The van der Waals surface area contributed by atoms with Crippen LogP contribution in [0.4, 0.5) is 0 Å². The monoisotopic (exact) mass is 297 g/mol. The normalized spacial score (nSPS) is 11.8. The average Bonchev–Trinajstić information content (AvgIpc) is 3.02. The van der Waals surface area contributed by atoms with E-state index < -0.39 is 0 Å². The van der Waals surface area contributed by atoms with Crippen LogP contribution < -0.4 is 18.9 Å². The van der Waals surface area contributed by atoms with Crippen molar-refractivity contribution in [3.63, 3.8) is 0 Å². The Morgan fingerprint density at radius 3 is 2.55 bits per heavy atom. The fourth-order valence-electron chi connectivity index (χ4n) is 2.06. The zero-order valence-electron chi connectivity index (χ0n) is 12.0. The first-order chi connectivity index (χ1) is 10.8. The molecule has 0 radical (unpaired) electrons. The summed E-state index contributed by atoms with van der Waals surface area (Å²) in [6, 6.07) is 14.7. The standard InChI is InChI=1S/C17H15NO4/c18-11-13-3-1-4-14(9-13)19-7-2-8-20-15-5-6-16-17(10-15)22-12-21-16/h1,3-6,9-10H,2,7-8,12H2. The highest BCUT2D eigenvalue weighted by Crippen LogP contribution is 2.35. The van der Waals surface area contributed by atoms with Crippen molar-refractivity contribution in [2.24, 2.45) is 0 Å². The molecule has 0 spiro atoms. The molecule has 112 valence electrons. The molecule has 0 fully saturated rings. The van der Waals surface area contributed by atoms with E-state index in [0.29, 0.717) is 30.3 Å². The summed E-state index contributed by atoms with van der Waals surface area (Å²) >= 11 is 0. The highest BCUT2D eigenvalue weighted by Gasteiger charge is 2.13. The van der Waals surface area contributed by atoms with Crippen molar-refractivity contribution >= 4 is 0 Å². The number of hydrogen-bond acceptors (Lipinski definition) is 5. The number of rotatable bonds is 6. The maximum atomic E-state index is 8.82. The third-order valence-electron chi connectivity index (χ3n) is 3.13. The van der Waals surface area contributed by atoms with Crippen LogP contribution >= 0.6 is 0 Å². The van der Waals surface area contributed by atoms with Crippen LogP contribution in [0.25, 0.3) is 0 Å². The SMILES string of the molecule is N#Cc1cccc(OCCCOc2ccc3c(c2)OCO3)c1. The Hall–Kier alpha value is -2.87. The predicted octanol–water partition coefficient (Wildman–Crippen LogP) is 3.13. The fourth-order valence-corrected chi connectivity index (χ4v) is 2.06.